The highest BCUT2D eigenvalue weighted by Gasteiger charge is 2.29. The van der Waals surface area contributed by atoms with Crippen LogP contribution in [-0.2, 0) is 10.8 Å². The van der Waals surface area contributed by atoms with Crippen molar-refractivity contribution in [2.45, 2.75) is 131 Å². The Hall–Kier alpha value is -2.29. The SMILES string of the molecule is CCC(C)c1cc(C(C)CC)c(OC(=O)c2cc(C(C)(C)C)c(O)c(C(C)(C)C)c2)c(C(C)CC)c1. The number of esters is 1. The first kappa shape index (κ1) is 29.9. The van der Waals surface area contributed by atoms with E-state index in [9.17, 15) is 9.90 Å². The van der Waals surface area contributed by atoms with E-state index in [4.69, 9.17) is 4.74 Å². The van der Waals surface area contributed by atoms with Gasteiger partial charge >= 0.3 is 5.97 Å². The summed E-state index contributed by atoms with van der Waals surface area (Å²) in [6, 6.07) is 8.14. The molecule has 0 aliphatic heterocycles. The third-order valence-electron chi connectivity index (χ3n) is 7.79. The first-order valence-corrected chi connectivity index (χ1v) is 13.8. The molecule has 0 amide bonds. The molecule has 3 atom stereocenters. The number of aromatic hydroxyl groups is 1. The molecule has 0 saturated heterocycles. The average Bonchev–Trinajstić information content (AvgIpc) is 2.80. The highest BCUT2D eigenvalue weighted by atomic mass is 16.5. The van der Waals surface area contributed by atoms with Gasteiger partial charge in [0.1, 0.15) is 11.5 Å². The molecule has 1 N–H and O–H groups in total. The van der Waals surface area contributed by atoms with E-state index in [2.05, 4.69) is 95.2 Å². The van der Waals surface area contributed by atoms with Crippen molar-refractivity contribution in [2.24, 2.45) is 0 Å². The standard InChI is InChI=1S/C33H50O3/c1-13-20(4)23-16-25(21(5)14-2)30(26(17-23)22(6)15-3)36-31(35)24-18-27(32(7,8)9)29(34)28(19-24)33(10,11)12/h16-22,34H,13-15H2,1-12H3. The zero-order chi connectivity index (χ0) is 27.6. The van der Waals surface area contributed by atoms with Crippen molar-refractivity contribution < 1.29 is 14.6 Å². The lowest BCUT2D eigenvalue weighted by atomic mass is 9.78. The second-order valence-electron chi connectivity index (χ2n) is 12.8. The number of phenols is 1. The summed E-state index contributed by atoms with van der Waals surface area (Å²) in [5.74, 6) is 1.62. The zero-order valence-electron chi connectivity index (χ0n) is 24.9. The minimum atomic E-state index is -0.364. The Kier molecular flexibility index (Phi) is 9.48. The van der Waals surface area contributed by atoms with Gasteiger partial charge in [0.2, 0.25) is 0 Å². The molecule has 0 fully saturated rings. The normalized spacial score (nSPS) is 14.9. The molecule has 0 aliphatic rings. The third-order valence-corrected chi connectivity index (χ3v) is 7.79. The van der Waals surface area contributed by atoms with E-state index in [1.54, 1.807) is 0 Å². The van der Waals surface area contributed by atoms with Crippen molar-refractivity contribution in [3.05, 3.63) is 57.6 Å². The fourth-order valence-corrected chi connectivity index (χ4v) is 4.56. The Morgan fingerprint density at radius 2 is 1.14 bits per heavy atom. The van der Waals surface area contributed by atoms with Gasteiger partial charge in [-0.15, -0.1) is 0 Å². The van der Waals surface area contributed by atoms with Crippen LogP contribution in [0.15, 0.2) is 24.3 Å². The van der Waals surface area contributed by atoms with Crippen LogP contribution in [-0.4, -0.2) is 11.1 Å². The molecule has 3 heteroatoms. The molecule has 0 bridgehead atoms. The Labute approximate surface area is 220 Å². The maximum atomic E-state index is 13.8. The highest BCUT2D eigenvalue weighted by Crippen LogP contribution is 2.42. The molecule has 0 saturated carbocycles. The second-order valence-corrected chi connectivity index (χ2v) is 12.8. The van der Waals surface area contributed by atoms with Crippen LogP contribution >= 0.6 is 0 Å². The van der Waals surface area contributed by atoms with Crippen LogP contribution in [0.3, 0.4) is 0 Å². The molecule has 200 valence electrons. The molecule has 2 aromatic carbocycles. The fraction of sp³-hybridized carbons (Fsp3) is 0.606. The summed E-state index contributed by atoms with van der Waals surface area (Å²) in [5, 5.41) is 11.1. The Morgan fingerprint density at radius 1 is 0.750 bits per heavy atom. The number of carbonyl (C=O) groups is 1. The van der Waals surface area contributed by atoms with E-state index < -0.39 is 0 Å². The van der Waals surface area contributed by atoms with Crippen LogP contribution < -0.4 is 4.74 Å². The van der Waals surface area contributed by atoms with Crippen LogP contribution in [0, 0.1) is 0 Å². The van der Waals surface area contributed by atoms with Crippen molar-refractivity contribution in [3.8, 4) is 11.5 Å². The first-order valence-electron chi connectivity index (χ1n) is 13.8. The van der Waals surface area contributed by atoms with Gasteiger partial charge in [-0.05, 0) is 76.7 Å². The minimum Gasteiger partial charge on any atom is -0.507 e. The summed E-state index contributed by atoms with van der Waals surface area (Å²) in [5.41, 5.74) is 4.92. The van der Waals surface area contributed by atoms with Gasteiger partial charge in [-0.25, -0.2) is 4.79 Å². The topological polar surface area (TPSA) is 46.5 Å². The molecule has 0 spiro atoms. The molecule has 36 heavy (non-hydrogen) atoms. The molecule has 0 aromatic heterocycles. The maximum Gasteiger partial charge on any atom is 0.343 e. The summed E-state index contributed by atoms with van der Waals surface area (Å²) >= 11 is 0. The summed E-state index contributed by atoms with van der Waals surface area (Å²) in [6.45, 7) is 25.6. The number of rotatable bonds is 8. The number of ether oxygens (including phenoxy) is 1. The Bertz CT molecular complexity index is 999. The van der Waals surface area contributed by atoms with Gasteiger partial charge in [0.05, 0.1) is 5.56 Å². The largest absolute Gasteiger partial charge is 0.507 e. The van der Waals surface area contributed by atoms with Crippen LogP contribution in [0.1, 0.15) is 158 Å². The van der Waals surface area contributed by atoms with Gasteiger partial charge < -0.3 is 9.84 Å². The molecule has 3 unspecified atom stereocenters. The van der Waals surface area contributed by atoms with Crippen molar-refractivity contribution in [3.63, 3.8) is 0 Å². The Morgan fingerprint density at radius 3 is 1.47 bits per heavy atom. The summed E-state index contributed by atoms with van der Waals surface area (Å²) in [7, 11) is 0. The smallest absolute Gasteiger partial charge is 0.343 e. The number of phenolic OH excluding ortho intramolecular Hbond substituents is 1. The third kappa shape index (κ3) is 6.52. The molecular weight excluding hydrogens is 444 g/mol. The summed E-state index contributed by atoms with van der Waals surface area (Å²) in [6.07, 6.45) is 3.00. The average molecular weight is 495 g/mol. The van der Waals surface area contributed by atoms with E-state index in [0.29, 0.717) is 11.5 Å². The van der Waals surface area contributed by atoms with Crippen LogP contribution in [0.5, 0.6) is 11.5 Å². The molecule has 0 heterocycles. The fourth-order valence-electron chi connectivity index (χ4n) is 4.56. The van der Waals surface area contributed by atoms with Crippen LogP contribution in [0.4, 0.5) is 0 Å². The van der Waals surface area contributed by atoms with Crippen molar-refractivity contribution in [1.82, 2.24) is 0 Å². The lowest BCUT2D eigenvalue weighted by Gasteiger charge is -2.28. The van der Waals surface area contributed by atoms with E-state index in [0.717, 1.165) is 47.3 Å². The highest BCUT2D eigenvalue weighted by molar-refractivity contribution is 5.92. The van der Waals surface area contributed by atoms with Gasteiger partial charge in [-0.2, -0.15) is 0 Å². The molecule has 2 aromatic rings. The lowest BCUT2D eigenvalue weighted by molar-refractivity contribution is 0.0730. The van der Waals surface area contributed by atoms with Gasteiger partial charge in [0.25, 0.3) is 0 Å². The Balaban J connectivity index is 2.75. The number of hydrogen-bond donors (Lipinski definition) is 1. The van der Waals surface area contributed by atoms with Gasteiger partial charge in [-0.3, -0.25) is 0 Å². The van der Waals surface area contributed by atoms with Crippen LogP contribution in [0.2, 0.25) is 0 Å². The number of hydrogen-bond acceptors (Lipinski definition) is 3. The first-order chi connectivity index (χ1) is 16.6. The van der Waals surface area contributed by atoms with E-state index in [1.165, 1.54) is 5.56 Å². The van der Waals surface area contributed by atoms with E-state index in [1.807, 2.05) is 12.1 Å². The summed E-state index contributed by atoms with van der Waals surface area (Å²) < 4.78 is 6.33. The monoisotopic (exact) mass is 494 g/mol. The van der Waals surface area contributed by atoms with E-state index in [-0.39, 0.29) is 34.4 Å². The molecular formula is C33H50O3. The van der Waals surface area contributed by atoms with E-state index >= 15 is 0 Å². The number of carbonyl (C=O) groups excluding carboxylic acids is 1. The second kappa shape index (κ2) is 11.4. The summed E-state index contributed by atoms with van der Waals surface area (Å²) in [4.78, 5) is 13.8. The molecule has 3 nitrogen and oxygen atoms in total. The predicted molar refractivity (Wildman–Crippen MR) is 153 cm³/mol. The zero-order valence-corrected chi connectivity index (χ0v) is 24.9. The van der Waals surface area contributed by atoms with Gasteiger partial charge in [0, 0.05) is 11.1 Å². The van der Waals surface area contributed by atoms with Crippen molar-refractivity contribution >= 4 is 5.97 Å². The minimum absolute atomic E-state index is 0.269. The predicted octanol–water partition coefficient (Wildman–Crippen LogP) is 9.75. The van der Waals surface area contributed by atoms with Gasteiger partial charge in [0.15, 0.2) is 0 Å². The lowest BCUT2D eigenvalue weighted by Crippen LogP contribution is -2.20. The van der Waals surface area contributed by atoms with Gasteiger partial charge in [-0.1, -0.05) is 95.2 Å². The quantitative estimate of drug-likeness (QED) is 0.293. The van der Waals surface area contributed by atoms with Crippen molar-refractivity contribution in [1.29, 1.82) is 0 Å². The van der Waals surface area contributed by atoms with Crippen LogP contribution in [0.25, 0.3) is 0 Å². The maximum absolute atomic E-state index is 13.8. The molecule has 2 rings (SSSR count). The molecule has 0 aliphatic carbocycles. The molecule has 0 radical (unpaired) electrons. The van der Waals surface area contributed by atoms with Crippen molar-refractivity contribution in [2.75, 3.05) is 0 Å². The number of benzene rings is 2.